The van der Waals surface area contributed by atoms with E-state index in [1.165, 1.54) is 0 Å². The van der Waals surface area contributed by atoms with Crippen molar-refractivity contribution in [2.75, 3.05) is 20.2 Å². The quantitative estimate of drug-likeness (QED) is 0.927. The number of carbonyl (C=O) groups is 1. The van der Waals surface area contributed by atoms with Crippen molar-refractivity contribution in [3.05, 3.63) is 65.7 Å². The van der Waals surface area contributed by atoms with Crippen molar-refractivity contribution in [1.29, 1.82) is 0 Å². The Hall–Kier alpha value is -2.53. The molecule has 1 aliphatic heterocycles. The third-order valence-corrected chi connectivity index (χ3v) is 4.66. The Labute approximate surface area is 147 Å². The molecule has 0 bridgehead atoms. The summed E-state index contributed by atoms with van der Waals surface area (Å²) in [4.78, 5) is 13.9. The number of hydrogen-bond acceptors (Lipinski definition) is 4. The van der Waals surface area contributed by atoms with Crippen molar-refractivity contribution in [3.8, 4) is 5.75 Å². The maximum atomic E-state index is 12.2. The second-order valence-corrected chi connectivity index (χ2v) is 6.26. The van der Waals surface area contributed by atoms with Gasteiger partial charge in [0.2, 0.25) is 0 Å². The van der Waals surface area contributed by atoms with Crippen LogP contribution in [0.3, 0.4) is 0 Å². The summed E-state index contributed by atoms with van der Waals surface area (Å²) in [7, 11) is 1.60. The summed E-state index contributed by atoms with van der Waals surface area (Å²) in [6.45, 7) is 1.15. The summed E-state index contributed by atoms with van der Waals surface area (Å²) < 4.78 is 10.7. The molecule has 2 aromatic rings. The zero-order valence-electron chi connectivity index (χ0n) is 14.4. The van der Waals surface area contributed by atoms with E-state index < -0.39 is 5.60 Å². The van der Waals surface area contributed by atoms with E-state index in [1.54, 1.807) is 12.0 Å². The maximum absolute atomic E-state index is 12.2. The standard InChI is InChI=1S/C20H23NO4/c1-24-18-10-6-5-9-17(18)20(23)11-13-21(14-12-20)19(22)25-15-16-7-3-2-4-8-16/h2-10,23H,11-15H2,1H3. The zero-order valence-corrected chi connectivity index (χ0v) is 14.4. The van der Waals surface area contributed by atoms with Crippen molar-refractivity contribution < 1.29 is 19.4 Å². The molecule has 1 fully saturated rings. The van der Waals surface area contributed by atoms with Crippen LogP contribution < -0.4 is 4.74 Å². The van der Waals surface area contributed by atoms with Crippen LogP contribution in [-0.2, 0) is 16.9 Å². The maximum Gasteiger partial charge on any atom is 0.410 e. The number of para-hydroxylation sites is 1. The van der Waals surface area contributed by atoms with Gasteiger partial charge in [0.15, 0.2) is 0 Å². The molecule has 1 saturated heterocycles. The fourth-order valence-electron chi connectivity index (χ4n) is 3.17. The highest BCUT2D eigenvalue weighted by atomic mass is 16.6. The molecule has 0 radical (unpaired) electrons. The number of aliphatic hydroxyl groups is 1. The molecule has 1 N–H and O–H groups in total. The highest BCUT2D eigenvalue weighted by Crippen LogP contribution is 2.38. The van der Waals surface area contributed by atoms with Gasteiger partial charge in [0.05, 0.1) is 12.7 Å². The van der Waals surface area contributed by atoms with Crippen LogP contribution >= 0.6 is 0 Å². The number of nitrogens with zero attached hydrogens (tertiary/aromatic N) is 1. The lowest BCUT2D eigenvalue weighted by Crippen LogP contribution is -2.45. The number of methoxy groups -OCH3 is 1. The van der Waals surface area contributed by atoms with Crippen molar-refractivity contribution in [2.24, 2.45) is 0 Å². The molecule has 0 spiro atoms. The van der Waals surface area contributed by atoms with Gasteiger partial charge in [-0.05, 0) is 24.5 Å². The summed E-state index contributed by atoms with van der Waals surface area (Å²) in [5.41, 5.74) is 0.746. The van der Waals surface area contributed by atoms with Crippen molar-refractivity contribution in [1.82, 2.24) is 4.90 Å². The van der Waals surface area contributed by atoms with Gasteiger partial charge in [-0.15, -0.1) is 0 Å². The predicted molar refractivity (Wildman–Crippen MR) is 94.3 cm³/mol. The van der Waals surface area contributed by atoms with Gasteiger partial charge in [-0.1, -0.05) is 48.5 Å². The number of hydrogen-bond donors (Lipinski definition) is 1. The molecule has 1 amide bonds. The van der Waals surface area contributed by atoms with Gasteiger partial charge in [-0.3, -0.25) is 0 Å². The van der Waals surface area contributed by atoms with Gasteiger partial charge in [-0.25, -0.2) is 4.79 Å². The van der Waals surface area contributed by atoms with Crippen LogP contribution in [-0.4, -0.2) is 36.3 Å². The van der Waals surface area contributed by atoms with E-state index in [9.17, 15) is 9.90 Å². The summed E-state index contributed by atoms with van der Waals surface area (Å²) in [5.74, 6) is 0.671. The second kappa shape index (κ2) is 7.57. The highest BCUT2D eigenvalue weighted by molar-refractivity contribution is 5.67. The minimum Gasteiger partial charge on any atom is -0.496 e. The summed E-state index contributed by atoms with van der Waals surface area (Å²) in [6, 6.07) is 17.1. The summed E-state index contributed by atoms with van der Waals surface area (Å²) in [6.07, 6.45) is 0.563. The van der Waals surface area contributed by atoms with E-state index >= 15 is 0 Å². The number of piperidine rings is 1. The average Bonchev–Trinajstić information content (AvgIpc) is 2.67. The lowest BCUT2D eigenvalue weighted by molar-refractivity contribution is -0.0269. The first-order valence-electron chi connectivity index (χ1n) is 8.44. The van der Waals surface area contributed by atoms with Crippen molar-refractivity contribution in [2.45, 2.75) is 25.0 Å². The van der Waals surface area contributed by atoms with Gasteiger partial charge in [-0.2, -0.15) is 0 Å². The van der Waals surface area contributed by atoms with Crippen LogP contribution in [0.1, 0.15) is 24.0 Å². The molecule has 0 atom stereocenters. The molecule has 1 heterocycles. The Morgan fingerprint density at radius 1 is 1.08 bits per heavy atom. The number of benzene rings is 2. The van der Waals surface area contributed by atoms with Crippen molar-refractivity contribution >= 4 is 6.09 Å². The molecule has 1 aliphatic rings. The molecule has 0 saturated carbocycles. The largest absolute Gasteiger partial charge is 0.496 e. The summed E-state index contributed by atoms with van der Waals surface area (Å²) >= 11 is 0. The Bertz CT molecular complexity index is 709. The highest BCUT2D eigenvalue weighted by Gasteiger charge is 2.37. The Morgan fingerprint density at radius 2 is 1.72 bits per heavy atom. The molecule has 3 rings (SSSR count). The minimum absolute atomic E-state index is 0.257. The molecule has 0 unspecified atom stereocenters. The van der Waals surface area contributed by atoms with E-state index in [0.717, 1.165) is 11.1 Å². The van der Waals surface area contributed by atoms with Gasteiger partial charge in [0.1, 0.15) is 12.4 Å². The molecule has 25 heavy (non-hydrogen) atoms. The number of ether oxygens (including phenoxy) is 2. The normalized spacial score (nSPS) is 16.3. The molecule has 5 heteroatoms. The molecule has 5 nitrogen and oxygen atoms in total. The molecular weight excluding hydrogens is 318 g/mol. The predicted octanol–water partition coefficient (Wildman–Crippen LogP) is 3.32. The average molecular weight is 341 g/mol. The van der Waals surface area contributed by atoms with Crippen LogP contribution in [0.25, 0.3) is 0 Å². The molecule has 0 aromatic heterocycles. The van der Waals surface area contributed by atoms with Crippen LogP contribution in [0.5, 0.6) is 5.75 Å². The number of carbonyl (C=O) groups excluding carboxylic acids is 1. The number of likely N-dealkylation sites (tertiary alicyclic amines) is 1. The van der Waals surface area contributed by atoms with Gasteiger partial charge < -0.3 is 19.5 Å². The minimum atomic E-state index is -0.983. The van der Waals surface area contributed by atoms with Crippen molar-refractivity contribution in [3.63, 3.8) is 0 Å². The monoisotopic (exact) mass is 341 g/mol. The number of rotatable bonds is 4. The first-order chi connectivity index (χ1) is 12.1. The van der Waals surface area contributed by atoms with E-state index in [-0.39, 0.29) is 12.7 Å². The molecule has 132 valence electrons. The Balaban J connectivity index is 1.58. The van der Waals surface area contributed by atoms with Gasteiger partial charge in [0.25, 0.3) is 0 Å². The van der Waals surface area contributed by atoms with Crippen LogP contribution in [0.4, 0.5) is 4.79 Å². The van der Waals surface area contributed by atoms with Gasteiger partial charge >= 0.3 is 6.09 Å². The number of amides is 1. The third-order valence-electron chi connectivity index (χ3n) is 4.66. The third kappa shape index (κ3) is 3.94. The lowest BCUT2D eigenvalue weighted by Gasteiger charge is -2.38. The SMILES string of the molecule is COc1ccccc1C1(O)CCN(C(=O)OCc2ccccc2)CC1. The van der Waals surface area contributed by atoms with Gasteiger partial charge in [0, 0.05) is 18.7 Å². The Kier molecular flexibility index (Phi) is 5.24. The first-order valence-corrected chi connectivity index (χ1v) is 8.44. The van der Waals surface area contributed by atoms with E-state index in [0.29, 0.717) is 31.7 Å². The fourth-order valence-corrected chi connectivity index (χ4v) is 3.17. The van der Waals surface area contributed by atoms with Crippen LogP contribution in [0.15, 0.2) is 54.6 Å². The molecule has 0 aliphatic carbocycles. The molecule has 2 aromatic carbocycles. The van der Waals surface area contributed by atoms with E-state index in [2.05, 4.69) is 0 Å². The van der Waals surface area contributed by atoms with Crippen LogP contribution in [0, 0.1) is 0 Å². The first kappa shape index (κ1) is 17.3. The Morgan fingerprint density at radius 3 is 2.40 bits per heavy atom. The van der Waals surface area contributed by atoms with E-state index in [4.69, 9.17) is 9.47 Å². The zero-order chi connectivity index (χ0) is 17.7. The van der Waals surface area contributed by atoms with E-state index in [1.807, 2.05) is 54.6 Å². The second-order valence-electron chi connectivity index (χ2n) is 6.26. The van der Waals surface area contributed by atoms with Crippen LogP contribution in [0.2, 0.25) is 0 Å². The molecular formula is C20H23NO4. The fraction of sp³-hybridized carbons (Fsp3) is 0.350. The summed E-state index contributed by atoms with van der Waals surface area (Å²) in [5, 5.41) is 11.0. The lowest BCUT2D eigenvalue weighted by atomic mass is 9.84. The topological polar surface area (TPSA) is 59.0 Å². The smallest absolute Gasteiger partial charge is 0.410 e.